The molecule has 1 N–H and O–H groups in total. The summed E-state index contributed by atoms with van der Waals surface area (Å²) < 4.78 is 7.07. The van der Waals surface area contributed by atoms with Gasteiger partial charge in [-0.3, -0.25) is 9.69 Å². The highest BCUT2D eigenvalue weighted by Gasteiger charge is 2.34. The van der Waals surface area contributed by atoms with Crippen molar-refractivity contribution in [1.82, 2.24) is 14.9 Å². The van der Waals surface area contributed by atoms with Crippen LogP contribution in [0.3, 0.4) is 0 Å². The van der Waals surface area contributed by atoms with E-state index < -0.39 is 0 Å². The summed E-state index contributed by atoms with van der Waals surface area (Å²) in [6.45, 7) is 3.03. The summed E-state index contributed by atoms with van der Waals surface area (Å²) in [4.78, 5) is 22.5. The van der Waals surface area contributed by atoms with Crippen LogP contribution in [0.2, 0.25) is 5.02 Å². The molecule has 5 rings (SSSR count). The Hall–Kier alpha value is -3.39. The average Bonchev–Trinajstić information content (AvgIpc) is 3.28. The first-order valence-corrected chi connectivity index (χ1v) is 12.5. The van der Waals surface area contributed by atoms with Gasteiger partial charge < -0.3 is 19.5 Å². The predicted molar refractivity (Wildman–Crippen MR) is 145 cm³/mol. The summed E-state index contributed by atoms with van der Waals surface area (Å²) in [5.41, 5.74) is 5.58. The first-order valence-electron chi connectivity index (χ1n) is 12.1. The van der Waals surface area contributed by atoms with Crippen LogP contribution in [-0.2, 0) is 11.3 Å². The number of fused-ring (bicyclic) bond motifs is 2. The highest BCUT2D eigenvalue weighted by molar-refractivity contribution is 6.31. The number of para-hydroxylation sites is 1. The molecule has 1 aliphatic heterocycles. The summed E-state index contributed by atoms with van der Waals surface area (Å²) in [7, 11) is 3.65. The van der Waals surface area contributed by atoms with Gasteiger partial charge in [-0.25, -0.2) is 4.98 Å². The molecule has 1 amide bonds. The second-order valence-electron chi connectivity index (χ2n) is 9.03. The third-order valence-electron chi connectivity index (χ3n) is 6.63. The molecule has 0 spiro atoms. The quantitative estimate of drug-likeness (QED) is 0.412. The van der Waals surface area contributed by atoms with Crippen molar-refractivity contribution in [2.45, 2.75) is 19.4 Å². The number of imidazole rings is 1. The van der Waals surface area contributed by atoms with Crippen molar-refractivity contribution in [2.24, 2.45) is 0 Å². The zero-order chi connectivity index (χ0) is 25.1. The number of hydrogen-bond donors (Lipinski definition) is 1. The molecule has 0 bridgehead atoms. The van der Waals surface area contributed by atoms with Crippen molar-refractivity contribution in [1.29, 1.82) is 0 Å². The number of allylic oxidation sites excluding steroid dienone is 3. The van der Waals surface area contributed by atoms with Crippen molar-refractivity contribution in [2.75, 3.05) is 43.7 Å². The second-order valence-corrected chi connectivity index (χ2v) is 9.47. The number of aromatic nitrogens is 2. The first kappa shape index (κ1) is 24.3. The molecule has 0 radical (unpaired) electrons. The molecule has 2 heterocycles. The molecule has 186 valence electrons. The highest BCUT2D eigenvalue weighted by atomic mass is 35.5. The zero-order valence-corrected chi connectivity index (χ0v) is 21.3. The van der Waals surface area contributed by atoms with Crippen LogP contribution < -0.4 is 15.1 Å². The number of halogens is 1. The molecule has 1 aliphatic carbocycles. The molecule has 0 unspecified atom stereocenters. The van der Waals surface area contributed by atoms with E-state index in [4.69, 9.17) is 16.3 Å². The lowest BCUT2D eigenvalue weighted by atomic mass is 9.98. The number of benzene rings is 2. The number of amides is 1. The topological polar surface area (TPSA) is 62.6 Å². The Morgan fingerprint density at radius 3 is 2.58 bits per heavy atom. The van der Waals surface area contributed by atoms with E-state index in [-0.39, 0.29) is 5.91 Å². The van der Waals surface area contributed by atoms with Crippen LogP contribution in [0.15, 0.2) is 78.2 Å². The second kappa shape index (κ2) is 10.7. The lowest BCUT2D eigenvalue weighted by Crippen LogP contribution is -2.27. The van der Waals surface area contributed by atoms with E-state index in [0.717, 1.165) is 43.0 Å². The van der Waals surface area contributed by atoms with E-state index in [2.05, 4.69) is 22.5 Å². The summed E-state index contributed by atoms with van der Waals surface area (Å²) in [6, 6.07) is 15.3. The van der Waals surface area contributed by atoms with Gasteiger partial charge in [-0.15, -0.1) is 0 Å². The van der Waals surface area contributed by atoms with E-state index in [1.807, 2.05) is 65.0 Å². The normalized spacial score (nSPS) is 15.2. The van der Waals surface area contributed by atoms with Crippen molar-refractivity contribution < 1.29 is 9.53 Å². The SMILES string of the molecule is COCCNCC1=CC=C(Cn2cnc3c2C(=O)N(c2ccccc2)c2cc(Cl)ccc2N3C)CC1. The van der Waals surface area contributed by atoms with Gasteiger partial charge in [-0.2, -0.15) is 0 Å². The molecule has 0 saturated heterocycles. The number of hydrogen-bond acceptors (Lipinski definition) is 5. The third kappa shape index (κ3) is 4.82. The van der Waals surface area contributed by atoms with Crippen LogP contribution in [0.5, 0.6) is 0 Å². The molecule has 2 aromatic carbocycles. The first-order chi connectivity index (χ1) is 17.6. The maximum atomic E-state index is 14.1. The van der Waals surface area contributed by atoms with Gasteiger partial charge in [-0.05, 0) is 43.2 Å². The van der Waals surface area contributed by atoms with Crippen LogP contribution in [-0.4, -0.2) is 49.3 Å². The fourth-order valence-electron chi connectivity index (χ4n) is 4.72. The number of rotatable bonds is 8. The van der Waals surface area contributed by atoms with E-state index in [1.54, 1.807) is 18.3 Å². The van der Waals surface area contributed by atoms with E-state index in [9.17, 15) is 4.79 Å². The van der Waals surface area contributed by atoms with Gasteiger partial charge in [0.1, 0.15) is 0 Å². The lowest BCUT2D eigenvalue weighted by Gasteiger charge is -2.25. The van der Waals surface area contributed by atoms with E-state index >= 15 is 0 Å². The highest BCUT2D eigenvalue weighted by Crippen LogP contribution is 2.43. The zero-order valence-electron chi connectivity index (χ0n) is 20.6. The summed E-state index contributed by atoms with van der Waals surface area (Å²) >= 11 is 6.38. The van der Waals surface area contributed by atoms with Crippen LogP contribution >= 0.6 is 11.6 Å². The molecule has 2 aliphatic rings. The number of carbonyl (C=O) groups is 1. The van der Waals surface area contributed by atoms with Crippen molar-refractivity contribution in [3.63, 3.8) is 0 Å². The smallest absolute Gasteiger partial charge is 0.283 e. The van der Waals surface area contributed by atoms with Gasteiger partial charge in [0.2, 0.25) is 0 Å². The van der Waals surface area contributed by atoms with Gasteiger partial charge in [-0.1, -0.05) is 53.1 Å². The van der Waals surface area contributed by atoms with E-state index in [0.29, 0.717) is 29.7 Å². The van der Waals surface area contributed by atoms with Gasteiger partial charge in [0.15, 0.2) is 11.5 Å². The Kier molecular flexibility index (Phi) is 7.23. The maximum absolute atomic E-state index is 14.1. The molecule has 1 aromatic heterocycles. The molecule has 36 heavy (non-hydrogen) atoms. The lowest BCUT2D eigenvalue weighted by molar-refractivity contribution is 0.0992. The van der Waals surface area contributed by atoms with E-state index in [1.165, 1.54) is 11.1 Å². The molecule has 8 heteroatoms. The number of nitrogens with zero attached hydrogens (tertiary/aromatic N) is 4. The predicted octanol–water partition coefficient (Wildman–Crippen LogP) is 5.48. The minimum absolute atomic E-state index is 0.128. The van der Waals surface area contributed by atoms with Gasteiger partial charge in [0, 0.05) is 44.5 Å². The Morgan fingerprint density at radius 1 is 1.06 bits per heavy atom. The van der Waals surface area contributed by atoms with Crippen molar-refractivity contribution in [3.05, 3.63) is 88.9 Å². The van der Waals surface area contributed by atoms with Crippen molar-refractivity contribution in [3.8, 4) is 0 Å². The van der Waals surface area contributed by atoms with Gasteiger partial charge in [0.05, 0.1) is 24.3 Å². The number of carbonyl (C=O) groups excluding carboxylic acids is 1. The molecule has 3 aromatic rings. The monoisotopic (exact) mass is 503 g/mol. The largest absolute Gasteiger partial charge is 0.383 e. The number of ether oxygens (including phenoxy) is 1. The maximum Gasteiger partial charge on any atom is 0.283 e. The molecular weight excluding hydrogens is 474 g/mol. The summed E-state index contributed by atoms with van der Waals surface area (Å²) in [5.74, 6) is 0.508. The summed E-state index contributed by atoms with van der Waals surface area (Å²) in [5, 5.41) is 3.98. The molecule has 0 fully saturated rings. The Bertz CT molecular complexity index is 1310. The van der Waals surface area contributed by atoms with Gasteiger partial charge >= 0.3 is 0 Å². The molecule has 7 nitrogen and oxygen atoms in total. The average molecular weight is 504 g/mol. The Labute approximate surface area is 216 Å². The van der Waals surface area contributed by atoms with Crippen LogP contribution in [0.4, 0.5) is 22.9 Å². The molecular formula is C28H30ClN5O2. The Morgan fingerprint density at radius 2 is 1.83 bits per heavy atom. The minimum atomic E-state index is -0.128. The van der Waals surface area contributed by atoms with Crippen LogP contribution in [0, 0.1) is 0 Å². The Balaban J connectivity index is 1.47. The number of methoxy groups -OCH3 is 1. The molecule has 0 saturated carbocycles. The molecule has 0 atom stereocenters. The van der Waals surface area contributed by atoms with Crippen molar-refractivity contribution >= 4 is 40.4 Å². The third-order valence-corrected chi connectivity index (χ3v) is 6.86. The van der Waals surface area contributed by atoms with Crippen LogP contribution in [0.25, 0.3) is 0 Å². The number of anilines is 4. The fourth-order valence-corrected chi connectivity index (χ4v) is 4.89. The minimum Gasteiger partial charge on any atom is -0.383 e. The number of nitrogens with one attached hydrogen (secondary N) is 1. The summed E-state index contributed by atoms with van der Waals surface area (Å²) in [6.07, 6.45) is 8.09. The van der Waals surface area contributed by atoms with Gasteiger partial charge in [0.25, 0.3) is 5.91 Å². The standard InChI is InChI=1S/C28H30ClN5O2/c1-32-24-13-12-22(29)16-25(24)34(23-6-4-3-5-7-23)28(35)26-27(32)31-19-33(26)18-21-10-8-20(9-11-21)17-30-14-15-36-2/h3-8,10,12-13,16,19,30H,9,11,14-15,17-18H2,1-2H3. The van der Waals surface area contributed by atoms with Crippen LogP contribution in [0.1, 0.15) is 23.3 Å². The fraction of sp³-hybridized carbons (Fsp3) is 0.286.